The van der Waals surface area contributed by atoms with Crippen LogP contribution in [-0.4, -0.2) is 48.2 Å². The second-order valence-electron chi connectivity index (χ2n) is 7.85. The van der Waals surface area contributed by atoms with Crippen molar-refractivity contribution in [3.63, 3.8) is 0 Å². The maximum absolute atomic E-state index is 13.8. The zero-order valence-corrected chi connectivity index (χ0v) is 19.2. The van der Waals surface area contributed by atoms with Crippen LogP contribution >= 0.6 is 0 Å². The van der Waals surface area contributed by atoms with E-state index in [2.05, 4.69) is 15.8 Å². The van der Waals surface area contributed by atoms with Crippen LogP contribution in [0.25, 0.3) is 11.0 Å². The van der Waals surface area contributed by atoms with E-state index < -0.39 is 39.5 Å². The molecule has 2 aromatic carbocycles. The van der Waals surface area contributed by atoms with Gasteiger partial charge in [-0.05, 0) is 24.1 Å². The molecule has 0 aliphatic carbocycles. The van der Waals surface area contributed by atoms with Crippen LogP contribution in [0.4, 0.5) is 8.78 Å². The Morgan fingerprint density at radius 3 is 2.36 bits per heavy atom. The number of carbonyl (C=O) groups excluding carboxylic acids is 2. The molecule has 0 saturated heterocycles. The molecule has 0 aliphatic heterocycles. The molecule has 0 spiro atoms. The molecular formula is C21H23F2N5O4S. The third-order valence-electron chi connectivity index (χ3n) is 4.99. The molecule has 176 valence electrons. The van der Waals surface area contributed by atoms with Gasteiger partial charge in [0.15, 0.2) is 11.6 Å². The molecule has 0 saturated carbocycles. The van der Waals surface area contributed by atoms with Crippen LogP contribution in [0.15, 0.2) is 47.6 Å². The van der Waals surface area contributed by atoms with Crippen molar-refractivity contribution in [3.8, 4) is 0 Å². The van der Waals surface area contributed by atoms with Gasteiger partial charge in [-0.15, -0.1) is 0 Å². The Balaban J connectivity index is 1.81. The van der Waals surface area contributed by atoms with Gasteiger partial charge in [-0.1, -0.05) is 19.9 Å². The lowest BCUT2D eigenvalue weighted by molar-refractivity contribution is -0.126. The number of halogens is 2. The van der Waals surface area contributed by atoms with Crippen molar-refractivity contribution in [2.75, 3.05) is 14.1 Å². The van der Waals surface area contributed by atoms with Gasteiger partial charge in [0, 0.05) is 31.8 Å². The number of hydrogen-bond acceptors (Lipinski definition) is 5. The number of benzene rings is 2. The monoisotopic (exact) mass is 479 g/mol. The smallest absolute Gasteiger partial charge is 0.269 e. The van der Waals surface area contributed by atoms with Gasteiger partial charge in [-0.3, -0.25) is 20.4 Å². The average molecular weight is 480 g/mol. The minimum atomic E-state index is -3.75. The molecule has 3 aromatic rings. The first-order valence-corrected chi connectivity index (χ1v) is 11.3. The Bertz CT molecular complexity index is 1320. The first kappa shape index (κ1) is 24.3. The van der Waals surface area contributed by atoms with Crippen LogP contribution in [0, 0.1) is 17.6 Å². The molecular weight excluding hydrogens is 456 g/mol. The fourth-order valence-corrected chi connectivity index (χ4v) is 4.22. The van der Waals surface area contributed by atoms with Crippen molar-refractivity contribution in [2.24, 2.45) is 5.92 Å². The number of amides is 2. The Morgan fingerprint density at radius 2 is 1.73 bits per heavy atom. The molecule has 1 heterocycles. The number of aromatic nitrogens is 2. The summed E-state index contributed by atoms with van der Waals surface area (Å²) in [6.07, 6.45) is 1.30. The highest BCUT2D eigenvalue weighted by Gasteiger charge is 2.27. The van der Waals surface area contributed by atoms with Gasteiger partial charge in [0.25, 0.3) is 11.8 Å². The zero-order chi connectivity index (χ0) is 24.5. The molecule has 1 atom stereocenters. The highest BCUT2D eigenvalue weighted by molar-refractivity contribution is 7.89. The lowest BCUT2D eigenvalue weighted by Crippen LogP contribution is -2.46. The Labute approximate surface area is 189 Å². The van der Waals surface area contributed by atoms with Gasteiger partial charge in [0.05, 0.1) is 22.3 Å². The van der Waals surface area contributed by atoms with Crippen molar-refractivity contribution in [1.82, 2.24) is 24.7 Å². The van der Waals surface area contributed by atoms with Gasteiger partial charge in [-0.2, -0.15) is 0 Å². The normalized spacial score (nSPS) is 12.8. The van der Waals surface area contributed by atoms with Crippen LogP contribution in [0.3, 0.4) is 0 Å². The molecule has 9 nitrogen and oxygen atoms in total. The summed E-state index contributed by atoms with van der Waals surface area (Å²) in [6.45, 7) is 3.49. The van der Waals surface area contributed by atoms with Crippen LogP contribution in [0.5, 0.6) is 0 Å². The van der Waals surface area contributed by atoms with Crippen molar-refractivity contribution in [1.29, 1.82) is 0 Å². The predicted octanol–water partition coefficient (Wildman–Crippen LogP) is 2.22. The molecule has 0 fully saturated rings. The number of hydrazine groups is 1. The molecule has 0 aliphatic rings. The summed E-state index contributed by atoms with van der Waals surface area (Å²) in [7, 11) is -1.01. The summed E-state index contributed by atoms with van der Waals surface area (Å²) < 4.78 is 54.2. The van der Waals surface area contributed by atoms with Crippen molar-refractivity contribution >= 4 is 32.9 Å². The molecule has 33 heavy (non-hydrogen) atoms. The Morgan fingerprint density at radius 1 is 1.06 bits per heavy atom. The minimum Gasteiger partial charge on any atom is -0.317 e. The van der Waals surface area contributed by atoms with Crippen LogP contribution in [0.2, 0.25) is 0 Å². The fourth-order valence-electron chi connectivity index (χ4n) is 3.27. The molecule has 0 bridgehead atoms. The molecule has 2 amide bonds. The van der Waals surface area contributed by atoms with Crippen LogP contribution in [0.1, 0.15) is 30.2 Å². The summed E-state index contributed by atoms with van der Waals surface area (Å²) >= 11 is 0. The first-order chi connectivity index (χ1) is 15.4. The minimum absolute atomic E-state index is 0.0185. The number of nitrogens with zero attached hydrogens (tertiary/aromatic N) is 3. The summed E-state index contributed by atoms with van der Waals surface area (Å²) in [6, 6.07) is 6.35. The molecule has 0 radical (unpaired) electrons. The van der Waals surface area contributed by atoms with E-state index >= 15 is 0 Å². The number of rotatable bonds is 6. The first-order valence-electron chi connectivity index (χ1n) is 9.88. The number of hydrogen-bond donors (Lipinski definition) is 2. The van der Waals surface area contributed by atoms with E-state index in [9.17, 15) is 26.8 Å². The van der Waals surface area contributed by atoms with E-state index in [-0.39, 0.29) is 27.4 Å². The second-order valence-corrected chi connectivity index (χ2v) is 10.0. The lowest BCUT2D eigenvalue weighted by Gasteiger charge is -2.22. The predicted molar refractivity (Wildman–Crippen MR) is 116 cm³/mol. The third-order valence-corrected chi connectivity index (χ3v) is 6.80. The number of fused-ring (bicyclic) bond motifs is 1. The van der Waals surface area contributed by atoms with Gasteiger partial charge >= 0.3 is 0 Å². The molecule has 3 rings (SSSR count). The third kappa shape index (κ3) is 4.86. The number of sulfonamides is 1. The van der Waals surface area contributed by atoms with E-state index in [1.54, 1.807) is 13.8 Å². The highest BCUT2D eigenvalue weighted by atomic mass is 32.2. The Kier molecular flexibility index (Phi) is 6.79. The van der Waals surface area contributed by atoms with Gasteiger partial charge in [-0.25, -0.2) is 26.5 Å². The fraction of sp³-hybridized carbons (Fsp3) is 0.286. The maximum Gasteiger partial charge on any atom is 0.269 e. The van der Waals surface area contributed by atoms with Gasteiger partial charge < -0.3 is 4.57 Å². The molecule has 2 N–H and O–H groups in total. The summed E-state index contributed by atoms with van der Waals surface area (Å²) in [5, 5.41) is 0. The Hall–Kier alpha value is -3.38. The second kappa shape index (κ2) is 9.24. The number of imidazole rings is 1. The van der Waals surface area contributed by atoms with Crippen molar-refractivity contribution in [2.45, 2.75) is 24.8 Å². The van der Waals surface area contributed by atoms with E-state index in [4.69, 9.17) is 0 Å². The number of nitrogens with one attached hydrogen (secondary N) is 2. The average Bonchev–Trinajstić information content (AvgIpc) is 3.14. The lowest BCUT2D eigenvalue weighted by atomic mass is 10.0. The summed E-state index contributed by atoms with van der Waals surface area (Å²) in [5.41, 5.74) is 4.98. The quantitative estimate of drug-likeness (QED) is 0.527. The van der Waals surface area contributed by atoms with E-state index in [1.165, 1.54) is 49.3 Å². The summed E-state index contributed by atoms with van der Waals surface area (Å²) in [4.78, 5) is 29.4. The standard InChI is InChI=1S/C21H23F2N5O4S/c1-12(2)19(28-11-24-17-9-15(22)16(23)10-18(17)28)21(30)26-25-20(29)13-6-5-7-14(8-13)33(31,32)27(3)4/h5-12,19H,1-4H3,(H,25,29)(H,26,30)/t19-/m0/s1. The largest absolute Gasteiger partial charge is 0.317 e. The van der Waals surface area contributed by atoms with E-state index in [1.807, 2.05) is 0 Å². The van der Waals surface area contributed by atoms with Crippen LogP contribution in [-0.2, 0) is 14.8 Å². The zero-order valence-electron chi connectivity index (χ0n) is 18.3. The van der Waals surface area contributed by atoms with Gasteiger partial charge in [0.2, 0.25) is 10.0 Å². The maximum atomic E-state index is 13.8. The SMILES string of the molecule is CC(C)[C@@H](C(=O)NNC(=O)c1cccc(S(=O)(=O)N(C)C)c1)n1cnc2cc(F)c(F)cc21. The molecule has 12 heteroatoms. The van der Waals surface area contributed by atoms with Crippen molar-refractivity contribution < 1.29 is 26.8 Å². The molecule has 0 unspecified atom stereocenters. The summed E-state index contributed by atoms with van der Waals surface area (Å²) in [5.74, 6) is -3.79. The topological polar surface area (TPSA) is 113 Å². The van der Waals surface area contributed by atoms with Crippen LogP contribution < -0.4 is 10.9 Å². The van der Waals surface area contributed by atoms with Gasteiger partial charge in [0.1, 0.15) is 6.04 Å². The van der Waals surface area contributed by atoms with E-state index in [0.29, 0.717) is 0 Å². The van der Waals surface area contributed by atoms with Crippen molar-refractivity contribution in [3.05, 3.63) is 59.9 Å². The van der Waals surface area contributed by atoms with E-state index in [0.717, 1.165) is 16.4 Å². The molecule has 1 aromatic heterocycles. The number of carbonyl (C=O) groups is 2. The highest BCUT2D eigenvalue weighted by Crippen LogP contribution is 2.25.